The number of likely N-dealkylation sites (tertiary alicyclic amines) is 1. The van der Waals surface area contributed by atoms with Crippen LogP contribution in [-0.2, 0) is 11.8 Å². The number of hydrogen-bond donors (Lipinski definition) is 2. The molecule has 1 fully saturated rings. The van der Waals surface area contributed by atoms with E-state index in [0.29, 0.717) is 12.1 Å². The number of carboxylic acids is 1. The number of nitrogens with zero attached hydrogens (tertiary/aromatic N) is 3. The summed E-state index contributed by atoms with van der Waals surface area (Å²) in [5.41, 5.74) is 2.45. The molecule has 0 bridgehead atoms. The molecule has 0 saturated carbocycles. The highest BCUT2D eigenvalue weighted by molar-refractivity contribution is 5.94. The molecule has 36 heavy (non-hydrogen) atoms. The summed E-state index contributed by atoms with van der Waals surface area (Å²) in [4.78, 5) is 36.0. The maximum absolute atomic E-state index is 13.0. The monoisotopic (exact) mass is 510 g/mol. The van der Waals surface area contributed by atoms with Crippen LogP contribution in [0.15, 0.2) is 53.3 Å². The number of halogens is 4. The Morgan fingerprint density at radius 3 is 2.14 bits per heavy atom. The van der Waals surface area contributed by atoms with Crippen LogP contribution in [0.2, 0.25) is 0 Å². The summed E-state index contributed by atoms with van der Waals surface area (Å²) in [6.07, 6.45) is -3.28. The standard InChI is InChI=1S/C22H25FN4O2.C2HF3O2/c1-25-19-4-2-3-5-20(19)27(22(25)29)18-10-13-26(14-11-18)15-12-24-21(28)16-6-8-17(23)9-7-16;3-2(4,5)1(6)7/h2-9,18H,10-15H2,1H3,(H,24,28);(H,6,7). The van der Waals surface area contributed by atoms with Crippen molar-refractivity contribution in [2.45, 2.75) is 25.1 Å². The van der Waals surface area contributed by atoms with Crippen LogP contribution in [0.5, 0.6) is 0 Å². The average molecular weight is 510 g/mol. The second-order valence-corrected chi connectivity index (χ2v) is 8.34. The summed E-state index contributed by atoms with van der Waals surface area (Å²) in [5.74, 6) is -3.30. The fraction of sp³-hybridized carbons (Fsp3) is 0.375. The molecule has 1 aliphatic rings. The Bertz CT molecular complexity index is 1260. The molecule has 0 radical (unpaired) electrons. The van der Waals surface area contributed by atoms with E-state index in [1.165, 1.54) is 24.3 Å². The largest absolute Gasteiger partial charge is 0.490 e. The van der Waals surface area contributed by atoms with Crippen LogP contribution in [0.3, 0.4) is 0 Å². The number of carbonyl (C=O) groups is 2. The molecular weight excluding hydrogens is 484 g/mol. The van der Waals surface area contributed by atoms with Gasteiger partial charge in [0.15, 0.2) is 0 Å². The highest BCUT2D eigenvalue weighted by Gasteiger charge is 2.38. The lowest BCUT2D eigenvalue weighted by molar-refractivity contribution is -0.192. The van der Waals surface area contributed by atoms with Crippen LogP contribution in [0.1, 0.15) is 29.2 Å². The third-order valence-corrected chi connectivity index (χ3v) is 5.98. The summed E-state index contributed by atoms with van der Waals surface area (Å²) < 4.78 is 48.3. The molecule has 2 aromatic carbocycles. The Morgan fingerprint density at radius 2 is 1.58 bits per heavy atom. The number of rotatable bonds is 5. The lowest BCUT2D eigenvalue weighted by Crippen LogP contribution is -2.41. The molecule has 0 aliphatic carbocycles. The first-order valence-corrected chi connectivity index (χ1v) is 11.2. The first-order chi connectivity index (χ1) is 17.0. The molecular formula is C24H26F4N4O4. The number of aromatic nitrogens is 2. The predicted octanol–water partition coefficient (Wildman–Crippen LogP) is 3.18. The molecule has 1 aliphatic heterocycles. The van der Waals surface area contributed by atoms with Crippen molar-refractivity contribution in [3.63, 3.8) is 0 Å². The van der Waals surface area contributed by atoms with Gasteiger partial charge in [-0.1, -0.05) is 12.1 Å². The number of alkyl halides is 3. The Hall–Kier alpha value is -3.67. The van der Waals surface area contributed by atoms with E-state index in [-0.39, 0.29) is 23.5 Å². The number of hydrogen-bond acceptors (Lipinski definition) is 4. The molecule has 3 aromatic rings. The molecule has 2 N–H and O–H groups in total. The number of aryl methyl sites for hydroxylation is 1. The lowest BCUT2D eigenvalue weighted by Gasteiger charge is -2.32. The Labute approximate surface area is 203 Å². The number of nitrogens with one attached hydrogen (secondary N) is 1. The molecule has 194 valence electrons. The lowest BCUT2D eigenvalue weighted by atomic mass is 10.0. The first-order valence-electron chi connectivity index (χ1n) is 11.2. The second-order valence-electron chi connectivity index (χ2n) is 8.34. The van der Waals surface area contributed by atoms with Gasteiger partial charge in [0.05, 0.1) is 11.0 Å². The van der Waals surface area contributed by atoms with Gasteiger partial charge in [0.2, 0.25) is 0 Å². The molecule has 0 unspecified atom stereocenters. The predicted molar refractivity (Wildman–Crippen MR) is 124 cm³/mol. The molecule has 0 spiro atoms. The van der Waals surface area contributed by atoms with Crippen LogP contribution < -0.4 is 11.0 Å². The minimum atomic E-state index is -5.08. The van der Waals surface area contributed by atoms with Crippen LogP contribution in [0.4, 0.5) is 17.6 Å². The van der Waals surface area contributed by atoms with E-state index < -0.39 is 12.1 Å². The van der Waals surface area contributed by atoms with E-state index >= 15 is 0 Å². The third kappa shape index (κ3) is 6.51. The van der Waals surface area contributed by atoms with Gasteiger partial charge in [0.25, 0.3) is 5.91 Å². The zero-order valence-electron chi connectivity index (χ0n) is 19.5. The number of para-hydroxylation sites is 2. The topological polar surface area (TPSA) is 96.6 Å². The molecule has 0 atom stereocenters. The van der Waals surface area contributed by atoms with Gasteiger partial charge in [0.1, 0.15) is 5.82 Å². The summed E-state index contributed by atoms with van der Waals surface area (Å²) in [7, 11) is 1.82. The second kappa shape index (κ2) is 11.4. The number of aliphatic carboxylic acids is 1. The summed E-state index contributed by atoms with van der Waals surface area (Å²) in [5, 5.41) is 10.0. The molecule has 2 heterocycles. The number of fused-ring (bicyclic) bond motifs is 1. The summed E-state index contributed by atoms with van der Waals surface area (Å²) in [6.45, 7) is 3.05. The highest BCUT2D eigenvalue weighted by Crippen LogP contribution is 2.25. The smallest absolute Gasteiger partial charge is 0.475 e. The van der Waals surface area contributed by atoms with Gasteiger partial charge < -0.3 is 15.3 Å². The van der Waals surface area contributed by atoms with Gasteiger partial charge in [-0.05, 0) is 49.2 Å². The molecule has 4 rings (SSSR count). The van der Waals surface area contributed by atoms with Crippen LogP contribution >= 0.6 is 0 Å². The van der Waals surface area contributed by atoms with Crippen molar-refractivity contribution in [1.29, 1.82) is 0 Å². The zero-order chi connectivity index (χ0) is 26.5. The normalized spacial score (nSPS) is 14.8. The average Bonchev–Trinajstić information content (AvgIpc) is 3.10. The van der Waals surface area contributed by atoms with E-state index in [0.717, 1.165) is 43.5 Å². The quantitative estimate of drug-likeness (QED) is 0.514. The first kappa shape index (κ1) is 26.9. The van der Waals surface area contributed by atoms with Crippen molar-refractivity contribution in [2.75, 3.05) is 26.2 Å². The van der Waals surface area contributed by atoms with Crippen molar-refractivity contribution >= 4 is 22.9 Å². The van der Waals surface area contributed by atoms with Crippen molar-refractivity contribution < 1.29 is 32.3 Å². The number of benzene rings is 2. The van der Waals surface area contributed by atoms with Crippen LogP contribution in [-0.4, -0.2) is 63.4 Å². The molecule has 8 nitrogen and oxygen atoms in total. The van der Waals surface area contributed by atoms with Gasteiger partial charge >= 0.3 is 17.8 Å². The molecule has 1 aromatic heterocycles. The fourth-order valence-electron chi connectivity index (χ4n) is 4.10. The molecule has 1 saturated heterocycles. The number of imidazole rings is 1. The van der Waals surface area contributed by atoms with Crippen LogP contribution in [0, 0.1) is 5.82 Å². The SMILES string of the molecule is Cn1c(=O)n(C2CCN(CCNC(=O)c3ccc(F)cc3)CC2)c2ccccc21.O=C(O)C(F)(F)F. The molecule has 1 amide bonds. The van der Waals surface area contributed by atoms with E-state index in [1.807, 2.05) is 35.9 Å². The van der Waals surface area contributed by atoms with Gasteiger partial charge in [-0.2, -0.15) is 13.2 Å². The minimum absolute atomic E-state index is 0.0382. The molecule has 12 heteroatoms. The number of amides is 1. The van der Waals surface area contributed by atoms with Gasteiger partial charge in [-0.15, -0.1) is 0 Å². The summed E-state index contributed by atoms with van der Waals surface area (Å²) >= 11 is 0. The Morgan fingerprint density at radius 1 is 1.03 bits per heavy atom. The van der Waals surface area contributed by atoms with Crippen LogP contribution in [0.25, 0.3) is 11.0 Å². The van der Waals surface area contributed by atoms with E-state index in [9.17, 15) is 27.2 Å². The fourth-order valence-corrected chi connectivity index (χ4v) is 4.10. The van der Waals surface area contributed by atoms with Crippen molar-refractivity contribution in [3.05, 3.63) is 70.4 Å². The van der Waals surface area contributed by atoms with E-state index in [2.05, 4.69) is 10.2 Å². The highest BCUT2D eigenvalue weighted by atomic mass is 19.4. The maximum Gasteiger partial charge on any atom is 0.490 e. The van der Waals surface area contributed by atoms with Crippen molar-refractivity contribution in [2.24, 2.45) is 7.05 Å². The van der Waals surface area contributed by atoms with Gasteiger partial charge in [-0.3, -0.25) is 13.9 Å². The zero-order valence-corrected chi connectivity index (χ0v) is 19.5. The number of piperidine rings is 1. The van der Waals surface area contributed by atoms with Crippen molar-refractivity contribution in [1.82, 2.24) is 19.4 Å². The Balaban J connectivity index is 0.000000454. The van der Waals surface area contributed by atoms with Gasteiger partial charge in [-0.25, -0.2) is 14.0 Å². The maximum atomic E-state index is 13.0. The third-order valence-electron chi connectivity index (χ3n) is 5.98. The van der Waals surface area contributed by atoms with Crippen molar-refractivity contribution in [3.8, 4) is 0 Å². The minimum Gasteiger partial charge on any atom is -0.475 e. The van der Waals surface area contributed by atoms with Gasteiger partial charge in [0, 0.05) is 44.8 Å². The Kier molecular flexibility index (Phi) is 8.51. The van der Waals surface area contributed by atoms with E-state index in [1.54, 1.807) is 4.57 Å². The number of carbonyl (C=O) groups excluding carboxylic acids is 1. The number of carboxylic acid groups (broad SMARTS) is 1. The summed E-state index contributed by atoms with van der Waals surface area (Å²) in [6, 6.07) is 13.6. The van der Waals surface area contributed by atoms with E-state index in [4.69, 9.17) is 9.90 Å².